The van der Waals surface area contributed by atoms with Crippen LogP contribution < -0.4 is 14.9 Å². The third-order valence-corrected chi connectivity index (χ3v) is 8.76. The molecule has 0 amide bonds. The molecule has 5 rings (SSSR count). The number of carbonyl (C=O) groups is 1. The van der Waals surface area contributed by atoms with Crippen LogP contribution in [0.5, 0.6) is 0 Å². The van der Waals surface area contributed by atoms with Crippen LogP contribution in [-0.4, -0.2) is 17.1 Å². The molecule has 0 fully saturated rings. The molecule has 1 aliphatic rings. The van der Waals surface area contributed by atoms with Gasteiger partial charge < -0.3 is 9.15 Å². The molecular weight excluding hydrogens is 600 g/mol. The van der Waals surface area contributed by atoms with E-state index in [-0.39, 0.29) is 12.2 Å². The molecule has 1 aliphatic heterocycles. The highest BCUT2D eigenvalue weighted by atomic mass is 79.9. The van der Waals surface area contributed by atoms with Crippen molar-refractivity contribution in [3.63, 3.8) is 0 Å². The largest absolute Gasteiger partial charge is 0.463 e. The number of thiazole rings is 1. The van der Waals surface area contributed by atoms with Gasteiger partial charge >= 0.3 is 5.97 Å². The highest BCUT2D eigenvalue weighted by Crippen LogP contribution is 2.32. The topological polar surface area (TPSA) is 73.8 Å². The van der Waals surface area contributed by atoms with E-state index in [1.165, 1.54) is 16.9 Å². The Labute approximate surface area is 243 Å². The van der Waals surface area contributed by atoms with Crippen molar-refractivity contribution < 1.29 is 13.9 Å². The summed E-state index contributed by atoms with van der Waals surface area (Å²) < 4.78 is 14.2. The van der Waals surface area contributed by atoms with Crippen LogP contribution in [0.2, 0.25) is 5.02 Å². The SMILES string of the molecule is CCOC(=O)C1=C(C)N=c2sc(=Cc3ccc(-c4ccc(Br)c(Cl)c4)o3)c(=O)n2[C@@H]1c1ccc(C(C)C)cc1. The van der Waals surface area contributed by atoms with Crippen LogP contribution in [0.4, 0.5) is 0 Å². The average Bonchev–Trinajstić information content (AvgIpc) is 3.49. The van der Waals surface area contributed by atoms with Crippen LogP contribution in [0.1, 0.15) is 56.5 Å². The fraction of sp³-hybridized carbons (Fsp3) is 0.233. The van der Waals surface area contributed by atoms with Crippen LogP contribution in [0.3, 0.4) is 0 Å². The monoisotopic (exact) mass is 624 g/mol. The molecule has 0 spiro atoms. The zero-order valence-electron chi connectivity index (χ0n) is 21.8. The van der Waals surface area contributed by atoms with Gasteiger partial charge in [0, 0.05) is 16.1 Å². The van der Waals surface area contributed by atoms with E-state index in [1.54, 1.807) is 30.6 Å². The molecule has 0 unspecified atom stereocenters. The molecule has 0 aliphatic carbocycles. The Morgan fingerprint density at radius 2 is 1.95 bits per heavy atom. The van der Waals surface area contributed by atoms with E-state index >= 15 is 0 Å². The Morgan fingerprint density at radius 3 is 2.62 bits per heavy atom. The molecule has 0 saturated heterocycles. The smallest absolute Gasteiger partial charge is 0.338 e. The van der Waals surface area contributed by atoms with Gasteiger partial charge in [-0.15, -0.1) is 0 Å². The second-order valence-corrected chi connectivity index (χ2v) is 11.7. The van der Waals surface area contributed by atoms with Crippen molar-refractivity contribution in [2.75, 3.05) is 6.61 Å². The Kier molecular flexibility index (Phi) is 7.80. The minimum Gasteiger partial charge on any atom is -0.463 e. The quantitative estimate of drug-likeness (QED) is 0.227. The second-order valence-electron chi connectivity index (χ2n) is 9.45. The summed E-state index contributed by atoms with van der Waals surface area (Å²) in [5.41, 5.74) is 3.45. The number of ether oxygens (including phenoxy) is 1. The highest BCUT2D eigenvalue weighted by molar-refractivity contribution is 9.10. The lowest BCUT2D eigenvalue weighted by Crippen LogP contribution is -2.39. The fourth-order valence-electron chi connectivity index (χ4n) is 4.53. The van der Waals surface area contributed by atoms with Crippen LogP contribution >= 0.6 is 38.9 Å². The van der Waals surface area contributed by atoms with Gasteiger partial charge in [-0.05, 0) is 71.1 Å². The van der Waals surface area contributed by atoms with Gasteiger partial charge in [-0.25, -0.2) is 9.79 Å². The molecule has 4 aromatic rings. The van der Waals surface area contributed by atoms with Crippen molar-refractivity contribution in [2.24, 2.45) is 4.99 Å². The number of allylic oxidation sites excluding steroid dienone is 1. The maximum Gasteiger partial charge on any atom is 0.338 e. The molecule has 9 heteroatoms. The van der Waals surface area contributed by atoms with Crippen molar-refractivity contribution >= 4 is 50.9 Å². The number of hydrogen-bond acceptors (Lipinski definition) is 6. The molecule has 0 saturated carbocycles. The molecule has 6 nitrogen and oxygen atoms in total. The van der Waals surface area contributed by atoms with Gasteiger partial charge in [0.2, 0.25) is 0 Å². The summed E-state index contributed by atoms with van der Waals surface area (Å²) in [6.45, 7) is 8.01. The van der Waals surface area contributed by atoms with E-state index in [1.807, 2.05) is 48.5 Å². The lowest BCUT2D eigenvalue weighted by atomic mass is 9.93. The van der Waals surface area contributed by atoms with Crippen molar-refractivity contribution in [3.05, 3.63) is 112 Å². The van der Waals surface area contributed by atoms with Crippen molar-refractivity contribution in [1.29, 1.82) is 0 Å². The standard InChI is InChI=1S/C30H26BrClN2O4S/c1-5-37-29(36)26-17(4)33-30-34(27(26)19-8-6-18(7-9-19)16(2)3)28(35)25(39-30)15-21-11-13-24(38-21)20-10-12-22(31)23(32)14-20/h6-16,27H,5H2,1-4H3/t27-/m1/s1. The second kappa shape index (κ2) is 11.1. The van der Waals surface area contributed by atoms with Crippen LogP contribution in [0.15, 0.2) is 84.5 Å². The Morgan fingerprint density at radius 1 is 1.21 bits per heavy atom. The van der Waals surface area contributed by atoms with Gasteiger partial charge in [0.1, 0.15) is 11.5 Å². The van der Waals surface area contributed by atoms with Crippen molar-refractivity contribution in [3.8, 4) is 11.3 Å². The number of fused-ring (bicyclic) bond motifs is 1. The maximum atomic E-state index is 13.8. The number of hydrogen-bond donors (Lipinski definition) is 0. The molecule has 3 heterocycles. The zero-order valence-corrected chi connectivity index (χ0v) is 25.0. The third kappa shape index (κ3) is 5.33. The van der Waals surface area contributed by atoms with E-state index < -0.39 is 12.0 Å². The first-order chi connectivity index (χ1) is 18.7. The van der Waals surface area contributed by atoms with Gasteiger partial charge in [-0.3, -0.25) is 9.36 Å². The summed E-state index contributed by atoms with van der Waals surface area (Å²) in [4.78, 5) is 32.0. The molecule has 39 heavy (non-hydrogen) atoms. The number of benzene rings is 2. The van der Waals surface area contributed by atoms with Crippen LogP contribution in [-0.2, 0) is 9.53 Å². The zero-order chi connectivity index (χ0) is 27.8. The van der Waals surface area contributed by atoms with Gasteiger partial charge in [0.15, 0.2) is 4.80 Å². The van der Waals surface area contributed by atoms with E-state index in [9.17, 15) is 9.59 Å². The number of esters is 1. The van der Waals surface area contributed by atoms with Gasteiger partial charge in [-0.1, -0.05) is 67.1 Å². The highest BCUT2D eigenvalue weighted by Gasteiger charge is 2.33. The molecule has 2 aromatic carbocycles. The predicted molar refractivity (Wildman–Crippen MR) is 158 cm³/mol. The van der Waals surface area contributed by atoms with E-state index in [0.717, 1.165) is 15.6 Å². The maximum absolute atomic E-state index is 13.8. The Balaban J connectivity index is 1.62. The first-order valence-electron chi connectivity index (χ1n) is 12.5. The van der Waals surface area contributed by atoms with Crippen molar-refractivity contribution in [1.82, 2.24) is 4.57 Å². The average molecular weight is 626 g/mol. The summed E-state index contributed by atoms with van der Waals surface area (Å²) in [5.74, 6) is 1.03. The fourth-order valence-corrected chi connectivity index (χ4v) is 5.99. The number of halogens is 2. The minimum absolute atomic E-state index is 0.226. The minimum atomic E-state index is -0.652. The van der Waals surface area contributed by atoms with Gasteiger partial charge in [0.25, 0.3) is 5.56 Å². The van der Waals surface area contributed by atoms with E-state index in [4.69, 9.17) is 20.8 Å². The molecular formula is C30H26BrClN2O4S. The lowest BCUT2D eigenvalue weighted by Gasteiger charge is -2.25. The van der Waals surface area contributed by atoms with Gasteiger partial charge in [-0.2, -0.15) is 0 Å². The summed E-state index contributed by atoms with van der Waals surface area (Å²) in [5, 5.41) is 0.577. The molecule has 1 atom stereocenters. The normalized spacial score (nSPS) is 15.5. The number of rotatable bonds is 6. The van der Waals surface area contributed by atoms with E-state index in [0.29, 0.717) is 43.1 Å². The summed E-state index contributed by atoms with van der Waals surface area (Å²) >= 11 is 10.9. The molecule has 0 N–H and O–H groups in total. The van der Waals surface area contributed by atoms with Crippen molar-refractivity contribution in [2.45, 2.75) is 39.7 Å². The first-order valence-corrected chi connectivity index (χ1v) is 14.5. The Hall–Kier alpha value is -3.20. The lowest BCUT2D eigenvalue weighted by molar-refractivity contribution is -0.139. The van der Waals surface area contributed by atoms with Gasteiger partial charge in [0.05, 0.1) is 33.5 Å². The van der Waals surface area contributed by atoms with Crippen LogP contribution in [0.25, 0.3) is 17.4 Å². The third-order valence-electron chi connectivity index (χ3n) is 6.54. The molecule has 200 valence electrons. The number of furan rings is 1. The summed E-state index contributed by atoms with van der Waals surface area (Å²) in [6, 6.07) is 16.6. The number of aromatic nitrogens is 1. The first kappa shape index (κ1) is 27.4. The molecule has 2 aromatic heterocycles. The van der Waals surface area contributed by atoms with E-state index in [2.05, 4.69) is 34.8 Å². The summed E-state index contributed by atoms with van der Waals surface area (Å²) in [7, 11) is 0. The number of nitrogens with zero attached hydrogens (tertiary/aromatic N) is 2. The van der Waals surface area contributed by atoms with Crippen LogP contribution in [0, 0.1) is 0 Å². The number of carbonyl (C=O) groups excluding carboxylic acids is 1. The Bertz CT molecular complexity index is 1780. The predicted octanol–water partition coefficient (Wildman–Crippen LogP) is 6.60. The molecule has 0 radical (unpaired) electrons. The molecule has 0 bridgehead atoms. The summed E-state index contributed by atoms with van der Waals surface area (Å²) in [6.07, 6.45) is 1.70.